The number of aromatic nitrogens is 2. The van der Waals surface area contributed by atoms with E-state index in [2.05, 4.69) is 9.97 Å². The van der Waals surface area contributed by atoms with E-state index in [9.17, 15) is 4.79 Å². The van der Waals surface area contributed by atoms with Crippen molar-refractivity contribution in [2.45, 2.75) is 13.3 Å². The summed E-state index contributed by atoms with van der Waals surface area (Å²) in [5.74, 6) is 0. The Hall–Kier alpha value is -2.14. The van der Waals surface area contributed by atoms with Crippen LogP contribution in [0.25, 0.3) is 0 Å². The molecular formula is C8H6N4O. The lowest BCUT2D eigenvalue weighted by Gasteiger charge is -1.96. The van der Waals surface area contributed by atoms with Crippen LogP contribution in [0.15, 0.2) is 4.79 Å². The largest absolute Gasteiger partial charge is 0.310 e. The summed E-state index contributed by atoms with van der Waals surface area (Å²) in [4.78, 5) is 17.2. The van der Waals surface area contributed by atoms with Crippen molar-refractivity contribution < 1.29 is 0 Å². The number of nitriles is 2. The summed E-state index contributed by atoms with van der Waals surface area (Å²) in [5.41, 5.74) is -0.239. The van der Waals surface area contributed by atoms with Gasteiger partial charge in [0.05, 0.1) is 0 Å². The maximum Gasteiger partial charge on any atom is 0.270 e. The zero-order valence-corrected chi connectivity index (χ0v) is 6.96. The van der Waals surface area contributed by atoms with Crippen LogP contribution >= 0.6 is 0 Å². The van der Waals surface area contributed by atoms with Crippen molar-refractivity contribution in [1.29, 1.82) is 10.5 Å². The Kier molecular flexibility index (Phi) is 2.41. The highest BCUT2D eigenvalue weighted by atomic mass is 16.1. The number of aromatic amines is 1. The number of nitrogens with one attached hydrogen (secondary N) is 1. The van der Waals surface area contributed by atoms with Crippen LogP contribution in [0, 0.1) is 22.7 Å². The van der Waals surface area contributed by atoms with Gasteiger partial charge in [-0.25, -0.2) is 4.98 Å². The van der Waals surface area contributed by atoms with Crippen molar-refractivity contribution in [3.8, 4) is 12.1 Å². The van der Waals surface area contributed by atoms with Crippen molar-refractivity contribution in [2.75, 3.05) is 0 Å². The zero-order valence-electron chi connectivity index (χ0n) is 6.96. The highest BCUT2D eigenvalue weighted by Crippen LogP contribution is 1.97. The number of aryl methyl sites for hydroxylation is 1. The fourth-order valence-corrected chi connectivity index (χ4v) is 0.888. The average Bonchev–Trinajstić information content (AvgIpc) is 2.17. The smallest absolute Gasteiger partial charge is 0.270 e. The molecule has 1 N–H and O–H groups in total. The summed E-state index contributed by atoms with van der Waals surface area (Å²) in [5, 5.41) is 17.1. The van der Waals surface area contributed by atoms with Gasteiger partial charge < -0.3 is 4.98 Å². The molecule has 0 aliphatic rings. The van der Waals surface area contributed by atoms with Gasteiger partial charge >= 0.3 is 0 Å². The first-order valence-electron chi connectivity index (χ1n) is 3.66. The molecular weight excluding hydrogens is 168 g/mol. The second-order valence-corrected chi connectivity index (χ2v) is 2.31. The van der Waals surface area contributed by atoms with E-state index in [0.29, 0.717) is 6.42 Å². The molecule has 0 aliphatic heterocycles. The summed E-state index contributed by atoms with van der Waals surface area (Å²) in [6.07, 6.45) is 0.440. The van der Waals surface area contributed by atoms with Crippen LogP contribution in [0.4, 0.5) is 0 Å². The Labute approximate surface area is 74.3 Å². The number of H-pyrrole nitrogens is 1. The van der Waals surface area contributed by atoms with E-state index in [1.807, 2.05) is 0 Å². The Morgan fingerprint density at radius 2 is 2.15 bits per heavy atom. The number of rotatable bonds is 1. The maximum atomic E-state index is 11.1. The van der Waals surface area contributed by atoms with Gasteiger partial charge in [0.25, 0.3) is 5.56 Å². The molecule has 0 aromatic carbocycles. The van der Waals surface area contributed by atoms with Gasteiger partial charge in [-0.1, -0.05) is 6.92 Å². The zero-order chi connectivity index (χ0) is 9.84. The number of hydrogen-bond donors (Lipinski definition) is 1. The average molecular weight is 174 g/mol. The molecule has 0 unspecified atom stereocenters. The lowest BCUT2D eigenvalue weighted by atomic mass is 10.3. The first-order valence-corrected chi connectivity index (χ1v) is 3.66. The lowest BCUT2D eigenvalue weighted by Crippen LogP contribution is -2.17. The molecule has 0 spiro atoms. The van der Waals surface area contributed by atoms with Crippen LogP contribution in [-0.2, 0) is 6.42 Å². The fourth-order valence-electron chi connectivity index (χ4n) is 0.888. The molecule has 0 bridgehead atoms. The third-order valence-corrected chi connectivity index (χ3v) is 1.54. The third kappa shape index (κ3) is 1.54. The van der Waals surface area contributed by atoms with Gasteiger partial charge in [0.15, 0.2) is 11.4 Å². The van der Waals surface area contributed by atoms with Gasteiger partial charge in [-0.05, 0) is 6.42 Å². The molecule has 1 aromatic heterocycles. The van der Waals surface area contributed by atoms with Crippen LogP contribution in [0.3, 0.4) is 0 Å². The number of hydrogen-bond acceptors (Lipinski definition) is 4. The van der Waals surface area contributed by atoms with Gasteiger partial charge in [0.2, 0.25) is 0 Å². The minimum Gasteiger partial charge on any atom is -0.310 e. The highest BCUT2D eigenvalue weighted by Gasteiger charge is 2.07. The van der Waals surface area contributed by atoms with Crippen molar-refractivity contribution in [3.05, 3.63) is 27.4 Å². The molecule has 0 amide bonds. The van der Waals surface area contributed by atoms with E-state index >= 15 is 0 Å². The Morgan fingerprint density at radius 3 is 2.62 bits per heavy atom. The minimum atomic E-state index is -0.405. The van der Waals surface area contributed by atoms with Crippen LogP contribution in [0.2, 0.25) is 0 Å². The molecule has 64 valence electrons. The maximum absolute atomic E-state index is 11.1. The van der Waals surface area contributed by atoms with E-state index in [1.165, 1.54) is 0 Å². The molecule has 1 aromatic rings. The van der Waals surface area contributed by atoms with E-state index in [4.69, 9.17) is 10.5 Å². The minimum absolute atomic E-state index is 0.0287. The normalized spacial score (nSPS) is 8.85. The van der Waals surface area contributed by atoms with Crippen molar-refractivity contribution in [1.82, 2.24) is 9.97 Å². The highest BCUT2D eigenvalue weighted by molar-refractivity contribution is 5.35. The lowest BCUT2D eigenvalue weighted by molar-refractivity contribution is 0.942. The Balaban J connectivity index is 3.49. The molecule has 0 saturated heterocycles. The Bertz CT molecular complexity index is 461. The predicted octanol–water partition coefficient (Wildman–Crippen LogP) is 0.0757. The number of nitrogens with zero attached hydrogens (tertiary/aromatic N) is 3. The van der Waals surface area contributed by atoms with Gasteiger partial charge in [-0.2, -0.15) is 10.5 Å². The first kappa shape index (κ1) is 8.95. The molecule has 5 heteroatoms. The predicted molar refractivity (Wildman–Crippen MR) is 43.7 cm³/mol. The van der Waals surface area contributed by atoms with Crippen LogP contribution in [0.1, 0.15) is 24.0 Å². The molecule has 0 fully saturated rings. The van der Waals surface area contributed by atoms with Crippen molar-refractivity contribution in [2.24, 2.45) is 0 Å². The second-order valence-electron chi connectivity index (χ2n) is 2.31. The topological polar surface area (TPSA) is 93.3 Å². The van der Waals surface area contributed by atoms with Gasteiger partial charge in [0, 0.05) is 0 Å². The van der Waals surface area contributed by atoms with E-state index in [0.717, 1.165) is 0 Å². The van der Waals surface area contributed by atoms with Crippen molar-refractivity contribution in [3.63, 3.8) is 0 Å². The van der Waals surface area contributed by atoms with E-state index in [1.54, 1.807) is 19.1 Å². The molecule has 0 aliphatic carbocycles. The first-order chi connectivity index (χ1) is 6.22. The summed E-state index contributed by atoms with van der Waals surface area (Å²) in [7, 11) is 0. The molecule has 0 radical (unpaired) electrons. The van der Waals surface area contributed by atoms with E-state index < -0.39 is 5.56 Å². The van der Waals surface area contributed by atoms with Gasteiger partial charge in [-0.3, -0.25) is 4.79 Å². The molecule has 5 nitrogen and oxygen atoms in total. The van der Waals surface area contributed by atoms with Crippen molar-refractivity contribution >= 4 is 0 Å². The van der Waals surface area contributed by atoms with Crippen LogP contribution in [-0.4, -0.2) is 9.97 Å². The standard InChI is InChI=1S/C8H6N4O/c1-2-5-8(13)12-7(4-10)6(3-9)11-5/h2H2,1H3,(H,12,13). The second kappa shape index (κ2) is 3.51. The Morgan fingerprint density at radius 1 is 1.46 bits per heavy atom. The van der Waals surface area contributed by atoms with E-state index in [-0.39, 0.29) is 17.1 Å². The molecule has 0 saturated carbocycles. The van der Waals surface area contributed by atoms with Gasteiger partial charge in [-0.15, -0.1) is 0 Å². The summed E-state index contributed by atoms with van der Waals surface area (Å²) in [6.45, 7) is 1.75. The quantitative estimate of drug-likeness (QED) is 0.652. The summed E-state index contributed by atoms with van der Waals surface area (Å²) in [6, 6.07) is 3.44. The summed E-state index contributed by atoms with van der Waals surface area (Å²) < 4.78 is 0. The monoisotopic (exact) mass is 174 g/mol. The molecule has 0 atom stereocenters. The van der Waals surface area contributed by atoms with Gasteiger partial charge in [0.1, 0.15) is 17.8 Å². The molecule has 1 heterocycles. The van der Waals surface area contributed by atoms with Crippen LogP contribution < -0.4 is 5.56 Å². The fraction of sp³-hybridized carbons (Fsp3) is 0.250. The third-order valence-electron chi connectivity index (χ3n) is 1.54. The molecule has 13 heavy (non-hydrogen) atoms. The SMILES string of the molecule is CCc1nc(C#N)c(C#N)[nH]c1=O. The molecule has 1 rings (SSSR count). The summed E-state index contributed by atoms with van der Waals surface area (Å²) >= 11 is 0. The van der Waals surface area contributed by atoms with Crippen LogP contribution in [0.5, 0.6) is 0 Å².